The number of β-amino-alcohol motifs (C(OH)–C–C–N with tert-alkyl or cyclic N) is 1. The van der Waals surface area contributed by atoms with Crippen LogP contribution in [-0.4, -0.2) is 89.0 Å². The van der Waals surface area contributed by atoms with Gasteiger partial charge in [-0.05, 0) is 67.5 Å². The Balaban J connectivity index is 0.973. The molecule has 6 aromatic rings. The second-order valence-electron chi connectivity index (χ2n) is 17.6. The summed E-state index contributed by atoms with van der Waals surface area (Å²) in [5.41, 5.74) is 7.71. The summed E-state index contributed by atoms with van der Waals surface area (Å²) in [6.07, 6.45) is -1.19. The molecule has 8 rings (SSSR count). The number of aliphatic hydroxyl groups excluding tert-OH is 1. The SMILES string of the molecule is Cc1ncsc1-c1ccc(CNC(=O)[C@@H]2C[C@@H](O)CN2C(=O)[C@@H](NC(=O)c2ccc(-c3ccc(C4=N[C@@H](CC(=O)O)c5nnc(C)n5-c5sc(C)c(C)c54)cc3)c(F)c2)C(C)(C)C)cc1. The van der Waals surface area contributed by atoms with Crippen LogP contribution in [0.3, 0.4) is 0 Å². The number of fused-ring (bicyclic) bond motifs is 3. The highest BCUT2D eigenvalue weighted by molar-refractivity contribution is 7.15. The number of aryl methyl sites for hydroxylation is 3. The van der Waals surface area contributed by atoms with Crippen molar-refractivity contribution in [1.29, 1.82) is 0 Å². The number of carbonyl (C=O) groups excluding carboxylic acids is 3. The van der Waals surface area contributed by atoms with Crippen LogP contribution in [0.15, 0.2) is 77.2 Å². The molecule has 17 heteroatoms. The summed E-state index contributed by atoms with van der Waals surface area (Å²) in [5.74, 6) is -2.26. The Bertz CT molecular complexity index is 2860. The summed E-state index contributed by atoms with van der Waals surface area (Å²) in [5, 5.41) is 35.6. The van der Waals surface area contributed by atoms with E-state index in [0.29, 0.717) is 28.5 Å². The van der Waals surface area contributed by atoms with Crippen molar-refractivity contribution in [1.82, 2.24) is 35.3 Å². The van der Waals surface area contributed by atoms with E-state index in [1.807, 2.05) is 68.7 Å². The molecule has 1 saturated heterocycles. The monoisotopic (exact) mass is 916 g/mol. The van der Waals surface area contributed by atoms with E-state index in [1.165, 1.54) is 17.0 Å². The van der Waals surface area contributed by atoms with Gasteiger partial charge in [-0.1, -0.05) is 75.4 Å². The normalized spacial score (nSPS) is 17.5. The van der Waals surface area contributed by atoms with Crippen LogP contribution in [0.4, 0.5) is 4.39 Å². The number of nitrogens with one attached hydrogen (secondary N) is 2. The number of carboxylic acid groups (broad SMARTS) is 1. The molecular weight excluding hydrogens is 868 g/mol. The Kier molecular flexibility index (Phi) is 12.4. The number of hydrogen-bond donors (Lipinski definition) is 4. The predicted octanol–water partition coefficient (Wildman–Crippen LogP) is 7.28. The third-order valence-electron chi connectivity index (χ3n) is 12.0. The van der Waals surface area contributed by atoms with Gasteiger partial charge in [0.25, 0.3) is 5.91 Å². The first-order valence-corrected chi connectivity index (χ1v) is 22.9. The molecule has 0 unspecified atom stereocenters. The smallest absolute Gasteiger partial charge is 0.306 e. The highest BCUT2D eigenvalue weighted by atomic mass is 32.1. The van der Waals surface area contributed by atoms with Crippen molar-refractivity contribution in [2.45, 2.75) is 92.1 Å². The number of hydrogen-bond acceptors (Lipinski definition) is 11. The van der Waals surface area contributed by atoms with Gasteiger partial charge in [0.15, 0.2) is 5.82 Å². The topological polar surface area (TPSA) is 192 Å². The Hall–Kier alpha value is -6.43. The highest BCUT2D eigenvalue weighted by Gasteiger charge is 2.44. The number of carbonyl (C=O) groups is 4. The zero-order chi connectivity index (χ0) is 46.5. The Morgan fingerprint density at radius 2 is 1.63 bits per heavy atom. The maximum Gasteiger partial charge on any atom is 0.306 e. The Morgan fingerprint density at radius 1 is 0.938 bits per heavy atom. The van der Waals surface area contributed by atoms with Crippen molar-refractivity contribution in [2.24, 2.45) is 10.4 Å². The summed E-state index contributed by atoms with van der Waals surface area (Å²) < 4.78 is 17.9. The van der Waals surface area contributed by atoms with Gasteiger partial charge in [0.05, 0.1) is 34.3 Å². The molecule has 3 aromatic carbocycles. The van der Waals surface area contributed by atoms with Crippen LogP contribution < -0.4 is 10.6 Å². The maximum atomic E-state index is 16.0. The summed E-state index contributed by atoms with van der Waals surface area (Å²) in [6, 6.07) is 16.1. The number of aromatic nitrogens is 4. The number of benzene rings is 3. The van der Waals surface area contributed by atoms with Crippen LogP contribution in [0, 0.1) is 38.9 Å². The van der Waals surface area contributed by atoms with Crippen LogP contribution in [0.5, 0.6) is 0 Å². The number of likely N-dealkylation sites (tertiary alicyclic amines) is 1. The summed E-state index contributed by atoms with van der Waals surface area (Å²) in [4.78, 5) is 66.3. The molecule has 0 spiro atoms. The van der Waals surface area contributed by atoms with Gasteiger partial charge in [0, 0.05) is 46.6 Å². The molecule has 3 aromatic heterocycles. The fraction of sp³-hybridized carbons (Fsp3) is 0.333. The number of aliphatic imine (C=N–C) groups is 1. The first-order valence-electron chi connectivity index (χ1n) is 21.2. The van der Waals surface area contributed by atoms with E-state index < -0.39 is 59.2 Å². The molecule has 0 bridgehead atoms. The molecule has 1 fully saturated rings. The quantitative estimate of drug-likeness (QED) is 0.103. The minimum absolute atomic E-state index is 0.00685. The number of rotatable bonds is 11. The molecule has 4 atom stereocenters. The van der Waals surface area contributed by atoms with E-state index in [9.17, 15) is 29.4 Å². The average molecular weight is 917 g/mol. The standard InChI is InChI=1S/C48H49FN8O6S2/c1-24-26(3)65-47-39(24)40(52-36(20-38(59)60)43-55-54-27(4)57(43)47)30-14-12-29(13-15-30)34-17-16-32(18-35(34)49)44(61)53-42(48(5,6)7)46(63)56-22-33(58)19-37(56)45(62)50-21-28-8-10-31(11-9-28)41-25(2)51-23-64-41/h8-18,23,33,36-37,42,58H,19-22H2,1-7H3,(H,50,62)(H,53,61)(H,59,60)/t33-,36+,37+,42-/m1/s1. The van der Waals surface area contributed by atoms with Crippen molar-refractivity contribution in [3.63, 3.8) is 0 Å². The molecular formula is C48H49FN8O6S2. The summed E-state index contributed by atoms with van der Waals surface area (Å²) in [7, 11) is 0. The lowest BCUT2D eigenvalue weighted by Crippen LogP contribution is -2.57. The Labute approximate surface area is 383 Å². The largest absolute Gasteiger partial charge is 0.481 e. The third kappa shape index (κ3) is 9.00. The van der Waals surface area contributed by atoms with Gasteiger partial charge in [0.1, 0.15) is 34.8 Å². The number of carboxylic acids is 1. The van der Waals surface area contributed by atoms with Crippen molar-refractivity contribution in [3.05, 3.63) is 128 Å². The number of aliphatic hydroxyl groups is 1. The average Bonchev–Trinajstić information content (AvgIpc) is 4.03. The first kappa shape index (κ1) is 45.1. The fourth-order valence-corrected chi connectivity index (χ4v) is 10.4. The summed E-state index contributed by atoms with van der Waals surface area (Å²) >= 11 is 3.11. The Morgan fingerprint density at radius 3 is 2.28 bits per heavy atom. The maximum absolute atomic E-state index is 16.0. The third-order valence-corrected chi connectivity index (χ3v) is 14.2. The number of nitrogens with zero attached hydrogens (tertiary/aromatic N) is 6. The zero-order valence-corrected chi connectivity index (χ0v) is 38.6. The number of halogens is 1. The second kappa shape index (κ2) is 17.9. The molecule has 0 saturated carbocycles. The van der Waals surface area contributed by atoms with Crippen LogP contribution >= 0.6 is 22.7 Å². The molecule has 5 heterocycles. The number of amides is 3. The minimum atomic E-state index is -1.12. The van der Waals surface area contributed by atoms with E-state index in [0.717, 1.165) is 48.8 Å². The van der Waals surface area contributed by atoms with Crippen LogP contribution in [0.1, 0.15) is 94.5 Å². The van der Waals surface area contributed by atoms with E-state index in [2.05, 4.69) is 25.8 Å². The van der Waals surface area contributed by atoms with Crippen molar-refractivity contribution in [2.75, 3.05) is 6.54 Å². The van der Waals surface area contributed by atoms with E-state index >= 15 is 4.39 Å². The molecule has 2 aliphatic heterocycles. The zero-order valence-electron chi connectivity index (χ0n) is 37.0. The van der Waals surface area contributed by atoms with Gasteiger partial charge >= 0.3 is 5.97 Å². The summed E-state index contributed by atoms with van der Waals surface area (Å²) in [6.45, 7) is 13.3. The second-order valence-corrected chi connectivity index (χ2v) is 19.7. The van der Waals surface area contributed by atoms with Crippen LogP contribution in [0.25, 0.3) is 26.6 Å². The molecule has 65 heavy (non-hydrogen) atoms. The van der Waals surface area contributed by atoms with Gasteiger partial charge in [-0.3, -0.25) is 28.7 Å². The molecule has 2 aliphatic rings. The molecule has 0 radical (unpaired) electrons. The molecule has 4 N–H and O–H groups in total. The molecule has 3 amide bonds. The van der Waals surface area contributed by atoms with Crippen molar-refractivity contribution >= 4 is 52.1 Å². The lowest BCUT2D eigenvalue weighted by molar-refractivity contribution is -0.142. The van der Waals surface area contributed by atoms with Gasteiger partial charge in [-0.15, -0.1) is 32.9 Å². The van der Waals surface area contributed by atoms with E-state index in [1.54, 1.807) is 61.1 Å². The van der Waals surface area contributed by atoms with Gasteiger partial charge in [0.2, 0.25) is 11.8 Å². The van der Waals surface area contributed by atoms with Crippen LogP contribution in [-0.2, 0) is 20.9 Å². The molecule has 0 aliphatic carbocycles. The number of aliphatic carboxylic acids is 1. The highest BCUT2D eigenvalue weighted by Crippen LogP contribution is 2.40. The van der Waals surface area contributed by atoms with Gasteiger partial charge < -0.3 is 25.7 Å². The number of thiazole rings is 1. The van der Waals surface area contributed by atoms with Crippen molar-refractivity contribution in [3.8, 4) is 26.6 Å². The van der Waals surface area contributed by atoms with Crippen LogP contribution in [0.2, 0.25) is 0 Å². The molecule has 14 nitrogen and oxygen atoms in total. The number of thiophene rings is 1. The minimum Gasteiger partial charge on any atom is -0.481 e. The van der Waals surface area contributed by atoms with Gasteiger partial charge in [-0.2, -0.15) is 0 Å². The molecule has 336 valence electrons. The van der Waals surface area contributed by atoms with Gasteiger partial charge in [-0.25, -0.2) is 9.37 Å². The predicted molar refractivity (Wildman–Crippen MR) is 247 cm³/mol. The lowest BCUT2D eigenvalue weighted by Gasteiger charge is -2.35. The first-order chi connectivity index (χ1) is 30.9. The van der Waals surface area contributed by atoms with E-state index in [-0.39, 0.29) is 37.1 Å². The fourth-order valence-electron chi connectivity index (χ4n) is 8.38. The van der Waals surface area contributed by atoms with E-state index in [4.69, 9.17) is 4.99 Å². The lowest BCUT2D eigenvalue weighted by atomic mass is 9.85. The van der Waals surface area contributed by atoms with Crippen molar-refractivity contribution < 1.29 is 33.8 Å².